The van der Waals surface area contributed by atoms with E-state index in [9.17, 15) is 9.18 Å². The molecule has 0 radical (unpaired) electrons. The number of anilines is 1. The number of aryl methyl sites for hydroxylation is 1. The van der Waals surface area contributed by atoms with E-state index in [1.807, 2.05) is 13.0 Å². The first-order chi connectivity index (χ1) is 9.54. The van der Waals surface area contributed by atoms with E-state index >= 15 is 0 Å². The third-order valence-corrected chi connectivity index (χ3v) is 3.05. The molecule has 0 saturated heterocycles. The van der Waals surface area contributed by atoms with Gasteiger partial charge >= 0.3 is 0 Å². The van der Waals surface area contributed by atoms with Crippen molar-refractivity contribution in [2.45, 2.75) is 6.92 Å². The monoisotopic (exact) mass is 337 g/mol. The molecule has 1 N–H and O–H groups in total. The zero-order chi connectivity index (χ0) is 14.5. The molecule has 0 aliphatic rings. The van der Waals surface area contributed by atoms with Gasteiger partial charge in [0.1, 0.15) is 0 Å². The van der Waals surface area contributed by atoms with Crippen molar-refractivity contribution < 1.29 is 13.9 Å². The summed E-state index contributed by atoms with van der Waals surface area (Å²) in [6, 6.07) is 11.7. The van der Waals surface area contributed by atoms with Gasteiger partial charge in [-0.1, -0.05) is 28.1 Å². The van der Waals surface area contributed by atoms with Crippen molar-refractivity contribution in [2.75, 3.05) is 11.9 Å². The third kappa shape index (κ3) is 4.06. The molecular weight excluding hydrogens is 325 g/mol. The maximum atomic E-state index is 13.4. The van der Waals surface area contributed by atoms with Gasteiger partial charge in [-0.25, -0.2) is 4.39 Å². The van der Waals surface area contributed by atoms with Crippen molar-refractivity contribution in [1.29, 1.82) is 0 Å². The van der Waals surface area contributed by atoms with Crippen LogP contribution in [0.25, 0.3) is 0 Å². The third-order valence-electron chi connectivity index (χ3n) is 2.55. The summed E-state index contributed by atoms with van der Waals surface area (Å²) < 4.78 is 19.5. The van der Waals surface area contributed by atoms with E-state index in [2.05, 4.69) is 21.2 Å². The minimum atomic E-state index is -0.481. The number of carbonyl (C=O) groups is 1. The molecule has 2 rings (SSSR count). The van der Waals surface area contributed by atoms with E-state index in [4.69, 9.17) is 4.74 Å². The minimum absolute atomic E-state index is 0.0781. The molecule has 0 spiro atoms. The molecule has 0 aromatic heterocycles. The van der Waals surface area contributed by atoms with Gasteiger partial charge in [0.2, 0.25) is 0 Å². The number of rotatable bonds is 4. The van der Waals surface area contributed by atoms with Crippen LogP contribution in [0.3, 0.4) is 0 Å². The molecule has 2 aromatic rings. The number of benzene rings is 2. The molecule has 0 aliphatic carbocycles. The van der Waals surface area contributed by atoms with Crippen LogP contribution in [0, 0.1) is 12.7 Å². The standard InChI is InChI=1S/C15H13BrFNO2/c1-10-5-6-13(17)14(7-10)20-9-15(19)18-12-4-2-3-11(16)8-12/h2-8H,9H2,1H3,(H,18,19). The summed E-state index contributed by atoms with van der Waals surface area (Å²) in [7, 11) is 0. The van der Waals surface area contributed by atoms with Crippen molar-refractivity contribution in [1.82, 2.24) is 0 Å². The Bertz CT molecular complexity index is 631. The number of carbonyl (C=O) groups excluding carboxylic acids is 1. The van der Waals surface area contributed by atoms with Crippen molar-refractivity contribution in [3.8, 4) is 5.75 Å². The molecule has 0 unspecified atom stereocenters. The highest BCUT2D eigenvalue weighted by atomic mass is 79.9. The van der Waals surface area contributed by atoms with Crippen molar-refractivity contribution in [2.24, 2.45) is 0 Å². The van der Waals surface area contributed by atoms with Crippen LogP contribution in [0.1, 0.15) is 5.56 Å². The molecular formula is C15H13BrFNO2. The first kappa shape index (κ1) is 14.5. The summed E-state index contributed by atoms with van der Waals surface area (Å²) >= 11 is 3.31. The maximum Gasteiger partial charge on any atom is 0.262 e. The van der Waals surface area contributed by atoms with E-state index < -0.39 is 5.82 Å². The second kappa shape index (κ2) is 6.52. The smallest absolute Gasteiger partial charge is 0.262 e. The van der Waals surface area contributed by atoms with Gasteiger partial charge in [-0.05, 0) is 42.8 Å². The van der Waals surface area contributed by atoms with E-state index in [1.54, 1.807) is 30.3 Å². The average molecular weight is 338 g/mol. The highest BCUT2D eigenvalue weighted by Gasteiger charge is 2.07. The summed E-state index contributed by atoms with van der Waals surface area (Å²) in [5.74, 6) is -0.746. The normalized spacial score (nSPS) is 10.2. The van der Waals surface area contributed by atoms with Crippen LogP contribution in [-0.4, -0.2) is 12.5 Å². The van der Waals surface area contributed by atoms with E-state index in [0.29, 0.717) is 5.69 Å². The molecule has 1 amide bonds. The Kier molecular flexibility index (Phi) is 4.74. The number of hydrogen-bond donors (Lipinski definition) is 1. The second-order valence-corrected chi connectivity index (χ2v) is 5.20. The van der Waals surface area contributed by atoms with Crippen LogP contribution >= 0.6 is 15.9 Å². The lowest BCUT2D eigenvalue weighted by atomic mass is 10.2. The van der Waals surface area contributed by atoms with Gasteiger partial charge in [0, 0.05) is 10.2 Å². The fourth-order valence-corrected chi connectivity index (χ4v) is 2.03. The van der Waals surface area contributed by atoms with Crippen LogP contribution in [0.2, 0.25) is 0 Å². The topological polar surface area (TPSA) is 38.3 Å². The van der Waals surface area contributed by atoms with Gasteiger partial charge in [-0.2, -0.15) is 0 Å². The molecule has 20 heavy (non-hydrogen) atoms. The van der Waals surface area contributed by atoms with Gasteiger partial charge in [0.15, 0.2) is 18.2 Å². The molecule has 0 fully saturated rings. The van der Waals surface area contributed by atoms with Crippen molar-refractivity contribution in [3.63, 3.8) is 0 Å². The van der Waals surface area contributed by atoms with Gasteiger partial charge < -0.3 is 10.1 Å². The van der Waals surface area contributed by atoms with Crippen LogP contribution in [0.5, 0.6) is 5.75 Å². The fourth-order valence-electron chi connectivity index (χ4n) is 1.63. The Morgan fingerprint density at radius 1 is 1.30 bits per heavy atom. The number of amides is 1. The minimum Gasteiger partial charge on any atom is -0.481 e. The van der Waals surface area contributed by atoms with Crippen molar-refractivity contribution >= 4 is 27.5 Å². The lowest BCUT2D eigenvalue weighted by Gasteiger charge is -2.09. The maximum absolute atomic E-state index is 13.4. The predicted molar refractivity (Wildman–Crippen MR) is 79.4 cm³/mol. The summed E-state index contributed by atoms with van der Waals surface area (Å²) in [4.78, 5) is 11.7. The summed E-state index contributed by atoms with van der Waals surface area (Å²) in [6.07, 6.45) is 0. The largest absolute Gasteiger partial charge is 0.481 e. The number of hydrogen-bond acceptors (Lipinski definition) is 2. The molecule has 0 saturated carbocycles. The molecule has 0 atom stereocenters. The molecule has 2 aromatic carbocycles. The summed E-state index contributed by atoms with van der Waals surface area (Å²) in [5, 5.41) is 2.67. The highest BCUT2D eigenvalue weighted by Crippen LogP contribution is 2.19. The summed E-state index contributed by atoms with van der Waals surface area (Å²) in [5.41, 5.74) is 1.52. The average Bonchev–Trinajstić information content (AvgIpc) is 2.40. The molecule has 0 heterocycles. The van der Waals surface area contributed by atoms with Gasteiger partial charge in [0.05, 0.1) is 0 Å². The van der Waals surface area contributed by atoms with E-state index in [1.165, 1.54) is 6.07 Å². The van der Waals surface area contributed by atoms with Crippen LogP contribution < -0.4 is 10.1 Å². The highest BCUT2D eigenvalue weighted by molar-refractivity contribution is 9.10. The van der Waals surface area contributed by atoms with Gasteiger partial charge in [0.25, 0.3) is 5.91 Å². The number of ether oxygens (including phenoxy) is 1. The molecule has 104 valence electrons. The zero-order valence-electron chi connectivity index (χ0n) is 10.8. The zero-order valence-corrected chi connectivity index (χ0v) is 12.4. The Hall–Kier alpha value is -1.88. The predicted octanol–water partition coefficient (Wildman–Crippen LogP) is 3.91. The Morgan fingerprint density at radius 3 is 2.85 bits per heavy atom. The Labute approximate surface area is 124 Å². The SMILES string of the molecule is Cc1ccc(F)c(OCC(=O)Nc2cccc(Br)c2)c1. The molecule has 0 bridgehead atoms. The van der Waals surface area contributed by atoms with E-state index in [-0.39, 0.29) is 18.3 Å². The first-order valence-corrected chi connectivity index (χ1v) is 6.78. The Morgan fingerprint density at radius 2 is 2.10 bits per heavy atom. The molecule has 5 heteroatoms. The number of halogens is 2. The molecule has 3 nitrogen and oxygen atoms in total. The first-order valence-electron chi connectivity index (χ1n) is 5.99. The van der Waals surface area contributed by atoms with Crippen LogP contribution in [0.4, 0.5) is 10.1 Å². The van der Waals surface area contributed by atoms with Gasteiger partial charge in [-0.15, -0.1) is 0 Å². The number of nitrogens with one attached hydrogen (secondary N) is 1. The summed E-state index contributed by atoms with van der Waals surface area (Å²) in [6.45, 7) is 1.58. The lowest BCUT2D eigenvalue weighted by Crippen LogP contribution is -2.20. The van der Waals surface area contributed by atoms with Gasteiger partial charge in [-0.3, -0.25) is 4.79 Å². The quantitative estimate of drug-likeness (QED) is 0.918. The fraction of sp³-hybridized carbons (Fsp3) is 0.133. The second-order valence-electron chi connectivity index (χ2n) is 4.28. The van der Waals surface area contributed by atoms with E-state index in [0.717, 1.165) is 10.0 Å². The van der Waals surface area contributed by atoms with Crippen LogP contribution in [0.15, 0.2) is 46.9 Å². The van der Waals surface area contributed by atoms with Crippen LogP contribution in [-0.2, 0) is 4.79 Å². The molecule has 0 aliphatic heterocycles. The van der Waals surface area contributed by atoms with Crippen molar-refractivity contribution in [3.05, 3.63) is 58.3 Å². The Balaban J connectivity index is 1.94. The lowest BCUT2D eigenvalue weighted by molar-refractivity contribution is -0.118.